The van der Waals surface area contributed by atoms with Crippen LogP contribution in [0.25, 0.3) is 0 Å². The summed E-state index contributed by atoms with van der Waals surface area (Å²) in [6, 6.07) is 7.91. The molecule has 30 heavy (non-hydrogen) atoms. The summed E-state index contributed by atoms with van der Waals surface area (Å²) >= 11 is 0. The lowest BCUT2D eigenvalue weighted by atomic mass is 9.85. The summed E-state index contributed by atoms with van der Waals surface area (Å²) in [6.07, 6.45) is -0.386. The molecule has 2 fully saturated rings. The van der Waals surface area contributed by atoms with Crippen molar-refractivity contribution in [2.75, 3.05) is 20.3 Å². The predicted octanol–water partition coefficient (Wildman–Crippen LogP) is 4.17. The number of nitrogens with one attached hydrogen (secondary N) is 2. The monoisotopic (exact) mass is 427 g/mol. The summed E-state index contributed by atoms with van der Waals surface area (Å²) in [5.41, 5.74) is 2.17. The summed E-state index contributed by atoms with van der Waals surface area (Å²) < 4.78 is 50.4. The highest BCUT2D eigenvalue weighted by atomic mass is 19.4. The zero-order valence-electron chi connectivity index (χ0n) is 17.5. The van der Waals surface area contributed by atoms with E-state index < -0.39 is 12.1 Å². The molecule has 0 radical (unpaired) electrons. The van der Waals surface area contributed by atoms with Crippen molar-refractivity contribution in [3.8, 4) is 0 Å². The first-order chi connectivity index (χ1) is 14.4. The second-order valence-corrected chi connectivity index (χ2v) is 8.11. The van der Waals surface area contributed by atoms with Gasteiger partial charge in [-0.1, -0.05) is 30.7 Å². The van der Waals surface area contributed by atoms with Crippen molar-refractivity contribution in [2.45, 2.75) is 70.0 Å². The Labute approximate surface area is 176 Å². The molecule has 2 aliphatic rings. The first-order valence-corrected chi connectivity index (χ1v) is 10.7. The molecule has 0 amide bonds. The number of guanidine groups is 1. The van der Waals surface area contributed by atoms with Crippen molar-refractivity contribution >= 4 is 5.96 Å². The maximum Gasteiger partial charge on any atom is 0.391 e. The van der Waals surface area contributed by atoms with Crippen LogP contribution in [0.2, 0.25) is 0 Å². The highest BCUT2D eigenvalue weighted by molar-refractivity contribution is 5.79. The van der Waals surface area contributed by atoms with Gasteiger partial charge in [0.15, 0.2) is 5.96 Å². The highest BCUT2D eigenvalue weighted by Crippen LogP contribution is 2.37. The van der Waals surface area contributed by atoms with Gasteiger partial charge in [0, 0.05) is 32.8 Å². The molecule has 0 bridgehead atoms. The molecule has 2 atom stereocenters. The number of aliphatic imine (C=N–C) groups is 1. The van der Waals surface area contributed by atoms with Crippen LogP contribution in [0.3, 0.4) is 0 Å². The minimum Gasteiger partial charge on any atom is -0.381 e. The largest absolute Gasteiger partial charge is 0.391 e. The number of rotatable bonds is 6. The van der Waals surface area contributed by atoms with Crippen LogP contribution in [0.4, 0.5) is 13.2 Å². The molecule has 0 aromatic heterocycles. The normalized spacial score (nSPS) is 23.9. The minimum atomic E-state index is -4.12. The highest BCUT2D eigenvalue weighted by Gasteiger charge is 2.42. The Kier molecular flexibility index (Phi) is 8.39. The third-order valence-electron chi connectivity index (χ3n) is 5.81. The summed E-state index contributed by atoms with van der Waals surface area (Å²) in [5, 5.41) is 6.38. The molecule has 1 aliphatic heterocycles. The number of hydrogen-bond acceptors (Lipinski definition) is 3. The Bertz CT molecular complexity index is 690. The van der Waals surface area contributed by atoms with Crippen LogP contribution in [0.15, 0.2) is 29.3 Å². The Balaban J connectivity index is 1.46. The lowest BCUT2D eigenvalue weighted by Gasteiger charge is -2.31. The second kappa shape index (κ2) is 11.0. The maximum atomic E-state index is 13.0. The number of halogens is 3. The van der Waals surface area contributed by atoms with Crippen molar-refractivity contribution in [1.29, 1.82) is 0 Å². The van der Waals surface area contributed by atoms with E-state index in [1.807, 2.05) is 18.2 Å². The van der Waals surface area contributed by atoms with Crippen molar-refractivity contribution in [2.24, 2.45) is 10.9 Å². The quantitative estimate of drug-likeness (QED) is 0.529. The van der Waals surface area contributed by atoms with Gasteiger partial charge in [-0.2, -0.15) is 13.2 Å². The van der Waals surface area contributed by atoms with E-state index in [0.717, 1.165) is 43.6 Å². The molecule has 2 unspecified atom stereocenters. The zero-order valence-corrected chi connectivity index (χ0v) is 17.5. The van der Waals surface area contributed by atoms with Gasteiger partial charge >= 0.3 is 6.18 Å². The van der Waals surface area contributed by atoms with Crippen LogP contribution < -0.4 is 10.6 Å². The summed E-state index contributed by atoms with van der Waals surface area (Å²) in [5.74, 6) is -0.694. The molecule has 1 heterocycles. The van der Waals surface area contributed by atoms with Crippen molar-refractivity contribution in [1.82, 2.24) is 10.6 Å². The Morgan fingerprint density at radius 2 is 1.93 bits per heavy atom. The van der Waals surface area contributed by atoms with Crippen LogP contribution in [0.1, 0.15) is 49.7 Å². The first-order valence-electron chi connectivity index (χ1n) is 10.7. The Morgan fingerprint density at radius 1 is 1.17 bits per heavy atom. The van der Waals surface area contributed by atoms with Crippen molar-refractivity contribution < 1.29 is 22.6 Å². The topological polar surface area (TPSA) is 54.9 Å². The third-order valence-corrected chi connectivity index (χ3v) is 5.81. The van der Waals surface area contributed by atoms with Gasteiger partial charge in [-0.25, -0.2) is 0 Å². The molecular formula is C22H32F3N3O2. The number of ether oxygens (including phenoxy) is 2. The lowest BCUT2D eigenvalue weighted by molar-refractivity contribution is -0.183. The van der Waals surface area contributed by atoms with Crippen molar-refractivity contribution in [3.63, 3.8) is 0 Å². The van der Waals surface area contributed by atoms with E-state index in [4.69, 9.17) is 9.47 Å². The molecular weight excluding hydrogens is 395 g/mol. The fourth-order valence-corrected chi connectivity index (χ4v) is 4.08. The second-order valence-electron chi connectivity index (χ2n) is 8.11. The number of benzene rings is 1. The van der Waals surface area contributed by atoms with E-state index in [9.17, 15) is 13.2 Å². The van der Waals surface area contributed by atoms with Gasteiger partial charge in [0.1, 0.15) is 0 Å². The van der Waals surface area contributed by atoms with E-state index in [1.54, 1.807) is 7.05 Å². The fourth-order valence-electron chi connectivity index (χ4n) is 4.08. The molecule has 2 N–H and O–H groups in total. The number of hydrogen-bond donors (Lipinski definition) is 2. The summed E-state index contributed by atoms with van der Waals surface area (Å²) in [6.45, 7) is 2.61. The molecule has 168 valence electrons. The SMILES string of the molecule is CN=C(NCc1cccc(COC2CCOCC2)c1)NC1CCCC(C(F)(F)F)C1. The molecule has 1 saturated heterocycles. The Hall–Kier alpha value is -1.80. The summed E-state index contributed by atoms with van der Waals surface area (Å²) in [7, 11) is 1.64. The molecule has 8 heteroatoms. The van der Waals surface area contributed by atoms with Crippen LogP contribution >= 0.6 is 0 Å². The van der Waals surface area contributed by atoms with Gasteiger partial charge in [0.25, 0.3) is 0 Å². The van der Waals surface area contributed by atoms with Crippen LogP contribution in [0.5, 0.6) is 0 Å². The van der Waals surface area contributed by atoms with Gasteiger partial charge in [-0.3, -0.25) is 4.99 Å². The minimum absolute atomic E-state index is 0.100. The first kappa shape index (κ1) is 22.9. The van der Waals surface area contributed by atoms with E-state index in [1.165, 1.54) is 0 Å². The van der Waals surface area contributed by atoms with E-state index in [2.05, 4.69) is 21.7 Å². The van der Waals surface area contributed by atoms with Crippen LogP contribution in [-0.2, 0) is 22.6 Å². The molecule has 1 aromatic carbocycles. The van der Waals surface area contributed by atoms with Crippen molar-refractivity contribution in [3.05, 3.63) is 35.4 Å². The maximum absolute atomic E-state index is 13.0. The fraction of sp³-hybridized carbons (Fsp3) is 0.682. The molecule has 1 aromatic rings. The van der Waals surface area contributed by atoms with Gasteiger partial charge in [-0.05, 0) is 43.2 Å². The zero-order chi connectivity index (χ0) is 21.4. The summed E-state index contributed by atoms with van der Waals surface area (Å²) in [4.78, 5) is 4.18. The standard InChI is InChI=1S/C22H32F3N3O2/c1-26-21(28-19-7-3-6-18(13-19)22(23,24)25)27-14-16-4-2-5-17(12-16)15-30-20-8-10-29-11-9-20/h2,4-5,12,18-20H,3,6-11,13-15H2,1H3,(H2,26,27,28). The van der Waals surface area contributed by atoms with Gasteiger partial charge in [0.2, 0.25) is 0 Å². The number of alkyl halides is 3. The molecule has 0 spiro atoms. The van der Waals surface area contributed by atoms with E-state index >= 15 is 0 Å². The van der Waals surface area contributed by atoms with E-state index in [0.29, 0.717) is 25.5 Å². The molecule has 1 aliphatic carbocycles. The average molecular weight is 428 g/mol. The number of nitrogens with zero attached hydrogens (tertiary/aromatic N) is 1. The van der Waals surface area contributed by atoms with Gasteiger partial charge in [-0.15, -0.1) is 0 Å². The van der Waals surface area contributed by atoms with Crippen LogP contribution in [-0.4, -0.2) is 44.5 Å². The predicted molar refractivity (Wildman–Crippen MR) is 110 cm³/mol. The lowest BCUT2D eigenvalue weighted by Crippen LogP contribution is -2.46. The van der Waals surface area contributed by atoms with Crippen LogP contribution in [0, 0.1) is 5.92 Å². The molecule has 5 nitrogen and oxygen atoms in total. The smallest absolute Gasteiger partial charge is 0.381 e. The molecule has 1 saturated carbocycles. The van der Waals surface area contributed by atoms with Gasteiger partial charge < -0.3 is 20.1 Å². The van der Waals surface area contributed by atoms with E-state index in [-0.39, 0.29) is 25.0 Å². The van der Waals surface area contributed by atoms with Gasteiger partial charge in [0.05, 0.1) is 18.6 Å². The third kappa shape index (κ3) is 7.16. The Morgan fingerprint density at radius 3 is 2.67 bits per heavy atom. The average Bonchev–Trinajstić information content (AvgIpc) is 2.76. The molecule has 3 rings (SSSR count).